The maximum atomic E-state index is 12.2. The van der Waals surface area contributed by atoms with E-state index in [4.69, 9.17) is 9.47 Å². The molecule has 2 heterocycles. The molecule has 9 nitrogen and oxygen atoms in total. The largest absolute Gasteiger partial charge is 0.493 e. The molecule has 0 aromatic carbocycles. The number of nitrogens with zero attached hydrogens (tertiary/aromatic N) is 2. The number of hydrogen-bond donors (Lipinski definition) is 2. The second kappa shape index (κ2) is 7.90. The summed E-state index contributed by atoms with van der Waals surface area (Å²) in [6, 6.07) is 0. The predicted octanol–water partition coefficient (Wildman–Crippen LogP) is 2.16. The molecule has 2 rings (SSSR count). The number of nitrogens with one attached hydrogen (secondary N) is 1. The van der Waals surface area contributed by atoms with E-state index in [0.717, 1.165) is 0 Å². The Hall–Kier alpha value is -2.42. The Bertz CT molecular complexity index is 757. The van der Waals surface area contributed by atoms with Crippen molar-refractivity contribution < 1.29 is 29.0 Å². The number of aromatic nitrogens is 2. The van der Waals surface area contributed by atoms with Gasteiger partial charge < -0.3 is 14.6 Å². The van der Waals surface area contributed by atoms with Crippen LogP contribution >= 0.6 is 0 Å². The molecule has 1 aromatic heterocycles. The van der Waals surface area contributed by atoms with Gasteiger partial charge in [0.2, 0.25) is 11.8 Å². The van der Waals surface area contributed by atoms with Gasteiger partial charge in [0.15, 0.2) is 5.69 Å². The van der Waals surface area contributed by atoms with Gasteiger partial charge in [-0.05, 0) is 33.6 Å². The smallest absolute Gasteiger partial charge is 0.311 e. The number of hydrogen-bond acceptors (Lipinski definition) is 7. The first-order valence-electron chi connectivity index (χ1n) is 9.25. The maximum absolute atomic E-state index is 12.2. The highest BCUT2D eigenvalue weighted by molar-refractivity contribution is 6.06. The summed E-state index contributed by atoms with van der Waals surface area (Å²) in [4.78, 5) is 39.9. The van der Waals surface area contributed by atoms with Crippen molar-refractivity contribution in [3.8, 4) is 5.88 Å². The molecule has 2 atom stereocenters. The second-order valence-electron chi connectivity index (χ2n) is 9.00. The van der Waals surface area contributed by atoms with Gasteiger partial charge in [0.05, 0.1) is 11.5 Å². The number of amides is 2. The molecule has 0 aliphatic carbocycles. The summed E-state index contributed by atoms with van der Waals surface area (Å²) in [5, 5.41) is 12.6. The Kier molecular flexibility index (Phi) is 6.18. The van der Waals surface area contributed by atoms with Crippen molar-refractivity contribution in [1.82, 2.24) is 14.9 Å². The summed E-state index contributed by atoms with van der Waals surface area (Å²) < 4.78 is 12.4. The zero-order valence-electron chi connectivity index (χ0n) is 17.2. The minimum atomic E-state index is -0.773. The summed E-state index contributed by atoms with van der Waals surface area (Å²) in [5.41, 5.74) is -1.59. The van der Waals surface area contributed by atoms with Crippen LogP contribution in [0.5, 0.6) is 5.88 Å². The number of imidazole rings is 1. The molecule has 1 aromatic rings. The van der Waals surface area contributed by atoms with Crippen LogP contribution in [0.25, 0.3) is 0 Å². The molecule has 1 saturated heterocycles. The van der Waals surface area contributed by atoms with Crippen LogP contribution in [0.1, 0.15) is 71.1 Å². The van der Waals surface area contributed by atoms with Gasteiger partial charge in [-0.2, -0.15) is 0 Å². The first-order valence-corrected chi connectivity index (χ1v) is 9.25. The van der Waals surface area contributed by atoms with E-state index >= 15 is 0 Å². The molecule has 0 bridgehead atoms. The fourth-order valence-corrected chi connectivity index (χ4v) is 2.47. The molecule has 1 fully saturated rings. The third-order valence-corrected chi connectivity index (χ3v) is 4.30. The number of rotatable bonds is 4. The normalized spacial score (nSPS) is 20.1. The third kappa shape index (κ3) is 5.09. The molecule has 0 radical (unpaired) electrons. The van der Waals surface area contributed by atoms with Gasteiger partial charge >= 0.3 is 5.97 Å². The lowest BCUT2D eigenvalue weighted by Crippen LogP contribution is -2.39. The van der Waals surface area contributed by atoms with Crippen molar-refractivity contribution in [3.05, 3.63) is 12.0 Å². The summed E-state index contributed by atoms with van der Waals surface area (Å²) in [6.45, 7) is 10.5. The SMILES string of the molecule is CC(C)(C)C(=O)NC(=O)c1ncn(C2CCC(COC(=O)C(C)(C)C)O2)c1O. The quantitative estimate of drug-likeness (QED) is 0.750. The van der Waals surface area contributed by atoms with Crippen LogP contribution in [0.15, 0.2) is 6.33 Å². The zero-order chi connectivity index (χ0) is 21.3. The molecule has 0 spiro atoms. The number of imide groups is 1. The Morgan fingerprint density at radius 1 is 1.21 bits per heavy atom. The second-order valence-corrected chi connectivity index (χ2v) is 9.00. The highest BCUT2D eigenvalue weighted by atomic mass is 16.6. The van der Waals surface area contributed by atoms with Gasteiger partial charge in [-0.3, -0.25) is 24.3 Å². The molecule has 1 aliphatic rings. The molecule has 2 amide bonds. The fourth-order valence-electron chi connectivity index (χ4n) is 2.47. The lowest BCUT2D eigenvalue weighted by molar-refractivity contribution is -0.157. The summed E-state index contributed by atoms with van der Waals surface area (Å²) in [5.74, 6) is -1.93. The summed E-state index contributed by atoms with van der Waals surface area (Å²) >= 11 is 0. The number of carbonyl (C=O) groups is 3. The number of ether oxygens (including phenoxy) is 2. The van der Waals surface area contributed by atoms with Gasteiger partial charge in [0.25, 0.3) is 5.91 Å². The van der Waals surface area contributed by atoms with Gasteiger partial charge in [-0.25, -0.2) is 4.98 Å². The first kappa shape index (κ1) is 21.9. The minimum absolute atomic E-state index is 0.121. The van der Waals surface area contributed by atoms with Crippen molar-refractivity contribution in [2.45, 2.75) is 66.7 Å². The average molecular weight is 395 g/mol. The molecule has 28 heavy (non-hydrogen) atoms. The van der Waals surface area contributed by atoms with Crippen LogP contribution in [-0.2, 0) is 19.1 Å². The zero-order valence-corrected chi connectivity index (χ0v) is 17.2. The first-order chi connectivity index (χ1) is 12.8. The van der Waals surface area contributed by atoms with Crippen LogP contribution in [0, 0.1) is 10.8 Å². The third-order valence-electron chi connectivity index (χ3n) is 4.30. The monoisotopic (exact) mass is 395 g/mol. The Morgan fingerprint density at radius 2 is 1.86 bits per heavy atom. The molecule has 0 saturated carbocycles. The fraction of sp³-hybridized carbons (Fsp3) is 0.684. The number of carbonyl (C=O) groups excluding carboxylic acids is 3. The van der Waals surface area contributed by atoms with E-state index in [9.17, 15) is 19.5 Å². The molecule has 1 aliphatic heterocycles. The lowest BCUT2D eigenvalue weighted by atomic mass is 9.96. The van der Waals surface area contributed by atoms with Crippen LogP contribution < -0.4 is 5.32 Å². The molecule has 2 unspecified atom stereocenters. The van der Waals surface area contributed by atoms with Crippen LogP contribution in [0.2, 0.25) is 0 Å². The van der Waals surface area contributed by atoms with Crippen LogP contribution in [-0.4, -0.2) is 45.2 Å². The topological polar surface area (TPSA) is 120 Å². The van der Waals surface area contributed by atoms with Crippen LogP contribution in [0.3, 0.4) is 0 Å². The summed E-state index contributed by atoms with van der Waals surface area (Å²) in [7, 11) is 0. The Labute approximate surface area is 164 Å². The van der Waals surface area contributed by atoms with Crippen molar-refractivity contribution in [3.63, 3.8) is 0 Å². The van der Waals surface area contributed by atoms with Crippen molar-refractivity contribution >= 4 is 17.8 Å². The van der Waals surface area contributed by atoms with Gasteiger partial charge in [-0.1, -0.05) is 20.8 Å². The van der Waals surface area contributed by atoms with E-state index in [1.807, 2.05) is 0 Å². The highest BCUT2D eigenvalue weighted by Gasteiger charge is 2.33. The van der Waals surface area contributed by atoms with E-state index in [-0.39, 0.29) is 30.3 Å². The van der Waals surface area contributed by atoms with E-state index in [0.29, 0.717) is 12.8 Å². The van der Waals surface area contributed by atoms with E-state index in [1.165, 1.54) is 10.9 Å². The van der Waals surface area contributed by atoms with Gasteiger partial charge in [-0.15, -0.1) is 0 Å². The standard InChI is InChI=1S/C19H29N3O6/c1-18(2,3)16(25)21-14(23)13-15(24)22(10-20-13)12-8-7-11(28-12)9-27-17(26)19(4,5)6/h10-12,24H,7-9H2,1-6H3,(H,21,23,25). The predicted molar refractivity (Wildman–Crippen MR) is 99.4 cm³/mol. The van der Waals surface area contributed by atoms with Crippen molar-refractivity contribution in [2.24, 2.45) is 10.8 Å². The van der Waals surface area contributed by atoms with E-state index in [1.54, 1.807) is 41.5 Å². The van der Waals surface area contributed by atoms with E-state index in [2.05, 4.69) is 10.3 Å². The molecular formula is C19H29N3O6. The average Bonchev–Trinajstić information content (AvgIpc) is 3.16. The molecule has 9 heteroatoms. The van der Waals surface area contributed by atoms with Gasteiger partial charge in [0, 0.05) is 5.41 Å². The van der Waals surface area contributed by atoms with E-state index < -0.39 is 28.9 Å². The lowest BCUT2D eigenvalue weighted by Gasteiger charge is -2.19. The minimum Gasteiger partial charge on any atom is -0.493 e. The van der Waals surface area contributed by atoms with Gasteiger partial charge in [0.1, 0.15) is 19.2 Å². The number of esters is 1. The van der Waals surface area contributed by atoms with Crippen LogP contribution in [0.4, 0.5) is 0 Å². The Balaban J connectivity index is 1.98. The van der Waals surface area contributed by atoms with Crippen molar-refractivity contribution in [2.75, 3.05) is 6.61 Å². The number of aromatic hydroxyl groups is 1. The molecular weight excluding hydrogens is 366 g/mol. The molecule has 156 valence electrons. The highest BCUT2D eigenvalue weighted by Crippen LogP contribution is 2.33. The van der Waals surface area contributed by atoms with Crippen molar-refractivity contribution in [1.29, 1.82) is 0 Å². The maximum Gasteiger partial charge on any atom is 0.311 e. The molecule has 2 N–H and O–H groups in total. The summed E-state index contributed by atoms with van der Waals surface area (Å²) in [6.07, 6.45) is 1.64. The Morgan fingerprint density at radius 3 is 2.43 bits per heavy atom.